The van der Waals surface area contributed by atoms with Crippen LogP contribution in [-0.4, -0.2) is 0 Å². The van der Waals surface area contributed by atoms with Crippen molar-refractivity contribution in [3.63, 3.8) is 0 Å². The lowest BCUT2D eigenvalue weighted by Crippen LogP contribution is -2.07. The highest BCUT2D eigenvalue weighted by atomic mass is 14.2. The molecule has 56 valence electrons. The van der Waals surface area contributed by atoms with E-state index in [9.17, 15) is 0 Å². The highest BCUT2D eigenvalue weighted by Gasteiger charge is 2.13. The quantitative estimate of drug-likeness (QED) is 0.413. The molecule has 0 saturated carbocycles. The van der Waals surface area contributed by atoms with Crippen LogP contribution >= 0.6 is 0 Å². The first-order valence-corrected chi connectivity index (χ1v) is 3.67. The van der Waals surface area contributed by atoms with Gasteiger partial charge in [-0.1, -0.05) is 26.0 Å². The topological polar surface area (TPSA) is 0 Å². The third-order valence-corrected chi connectivity index (χ3v) is 1.49. The summed E-state index contributed by atoms with van der Waals surface area (Å²) in [6.07, 6.45) is 11.4. The second-order valence-corrected chi connectivity index (χ2v) is 3.32. The third-order valence-electron chi connectivity index (χ3n) is 1.49. The summed E-state index contributed by atoms with van der Waals surface area (Å²) < 4.78 is 0. The van der Waals surface area contributed by atoms with Gasteiger partial charge in [-0.3, -0.25) is 0 Å². The fraction of sp³-hybridized carbons (Fsp3) is 0.600. The molecule has 0 unspecified atom stereocenters. The van der Waals surface area contributed by atoms with Crippen LogP contribution in [0.4, 0.5) is 0 Å². The van der Waals surface area contributed by atoms with Gasteiger partial charge in [-0.15, -0.1) is 12.3 Å². The van der Waals surface area contributed by atoms with E-state index in [1.54, 1.807) is 0 Å². The first-order chi connectivity index (χ1) is 4.62. The normalized spacial score (nSPS) is 11.8. The molecule has 0 saturated heterocycles. The SMILES string of the molecule is C#CCC(C)(C)C/C=C/C. The summed E-state index contributed by atoms with van der Waals surface area (Å²) >= 11 is 0. The largest absolute Gasteiger partial charge is 0.120 e. The summed E-state index contributed by atoms with van der Waals surface area (Å²) in [7, 11) is 0. The summed E-state index contributed by atoms with van der Waals surface area (Å²) in [4.78, 5) is 0. The Balaban J connectivity index is 3.76. The summed E-state index contributed by atoms with van der Waals surface area (Å²) in [5.41, 5.74) is 0.279. The van der Waals surface area contributed by atoms with Crippen molar-refractivity contribution in [1.29, 1.82) is 0 Å². The first kappa shape index (κ1) is 9.30. The standard InChI is InChI=1S/C10H16/c1-5-7-9-10(3,4)8-6-2/h2,5,7H,8-9H2,1,3-4H3/b7-5+. The van der Waals surface area contributed by atoms with E-state index >= 15 is 0 Å². The van der Waals surface area contributed by atoms with Crippen molar-refractivity contribution in [2.75, 3.05) is 0 Å². The predicted molar refractivity (Wildman–Crippen MR) is 46.7 cm³/mol. The van der Waals surface area contributed by atoms with Crippen molar-refractivity contribution in [2.45, 2.75) is 33.6 Å². The second-order valence-electron chi connectivity index (χ2n) is 3.32. The van der Waals surface area contributed by atoms with Crippen molar-refractivity contribution < 1.29 is 0 Å². The number of allylic oxidation sites excluding steroid dienone is 2. The summed E-state index contributed by atoms with van der Waals surface area (Å²) in [6, 6.07) is 0. The van der Waals surface area contributed by atoms with Gasteiger partial charge in [0, 0.05) is 6.42 Å². The molecule has 0 aliphatic heterocycles. The minimum absolute atomic E-state index is 0.279. The second kappa shape index (κ2) is 4.17. The van der Waals surface area contributed by atoms with Gasteiger partial charge in [-0.25, -0.2) is 0 Å². The lowest BCUT2D eigenvalue weighted by molar-refractivity contribution is 0.383. The van der Waals surface area contributed by atoms with Gasteiger partial charge in [0.15, 0.2) is 0 Å². The number of rotatable bonds is 3. The lowest BCUT2D eigenvalue weighted by atomic mass is 9.86. The fourth-order valence-corrected chi connectivity index (χ4v) is 0.785. The van der Waals surface area contributed by atoms with Gasteiger partial charge in [-0.05, 0) is 18.8 Å². The Morgan fingerprint density at radius 2 is 2.10 bits per heavy atom. The molecule has 0 bridgehead atoms. The first-order valence-electron chi connectivity index (χ1n) is 3.67. The van der Waals surface area contributed by atoms with Crippen molar-refractivity contribution in [3.05, 3.63) is 12.2 Å². The molecule has 0 heterocycles. The zero-order valence-electron chi connectivity index (χ0n) is 7.15. The highest BCUT2D eigenvalue weighted by Crippen LogP contribution is 2.24. The van der Waals surface area contributed by atoms with Gasteiger partial charge in [0.05, 0.1) is 0 Å². The van der Waals surface area contributed by atoms with Crippen LogP contribution in [0.15, 0.2) is 12.2 Å². The van der Waals surface area contributed by atoms with Crippen molar-refractivity contribution >= 4 is 0 Å². The molecule has 0 amide bonds. The minimum atomic E-state index is 0.279. The summed E-state index contributed by atoms with van der Waals surface area (Å²) in [5.74, 6) is 2.68. The van der Waals surface area contributed by atoms with E-state index in [0.717, 1.165) is 12.8 Å². The number of hydrogen-bond donors (Lipinski definition) is 0. The molecule has 10 heavy (non-hydrogen) atoms. The molecule has 0 fully saturated rings. The van der Waals surface area contributed by atoms with Crippen molar-refractivity contribution in [1.82, 2.24) is 0 Å². The molecular formula is C10H16. The van der Waals surface area contributed by atoms with Crippen molar-refractivity contribution in [2.24, 2.45) is 5.41 Å². The summed E-state index contributed by atoms with van der Waals surface area (Å²) in [5, 5.41) is 0. The predicted octanol–water partition coefficient (Wildman–Crippen LogP) is 3.00. The van der Waals surface area contributed by atoms with E-state index in [1.165, 1.54) is 0 Å². The lowest BCUT2D eigenvalue weighted by Gasteiger charge is -2.18. The van der Waals surface area contributed by atoms with Gasteiger partial charge in [0.1, 0.15) is 0 Å². The van der Waals surface area contributed by atoms with Crippen LogP contribution < -0.4 is 0 Å². The Kier molecular flexibility index (Phi) is 3.88. The Morgan fingerprint density at radius 1 is 1.50 bits per heavy atom. The molecule has 0 aliphatic carbocycles. The van der Waals surface area contributed by atoms with Gasteiger partial charge in [-0.2, -0.15) is 0 Å². The maximum atomic E-state index is 5.21. The van der Waals surface area contributed by atoms with Gasteiger partial charge in [0.2, 0.25) is 0 Å². The van der Waals surface area contributed by atoms with E-state index in [1.807, 2.05) is 6.92 Å². The average Bonchev–Trinajstić information content (AvgIpc) is 1.84. The molecular weight excluding hydrogens is 120 g/mol. The van der Waals surface area contributed by atoms with Crippen LogP contribution in [0.1, 0.15) is 33.6 Å². The van der Waals surface area contributed by atoms with Gasteiger partial charge >= 0.3 is 0 Å². The van der Waals surface area contributed by atoms with E-state index in [2.05, 4.69) is 31.9 Å². The van der Waals surface area contributed by atoms with Crippen LogP contribution in [0.3, 0.4) is 0 Å². The van der Waals surface area contributed by atoms with Crippen LogP contribution in [0.25, 0.3) is 0 Å². The van der Waals surface area contributed by atoms with E-state index < -0.39 is 0 Å². The fourth-order valence-electron chi connectivity index (χ4n) is 0.785. The Bertz CT molecular complexity index is 144. The Labute approximate surface area is 64.3 Å². The van der Waals surface area contributed by atoms with Crippen LogP contribution in [0.2, 0.25) is 0 Å². The van der Waals surface area contributed by atoms with E-state index in [0.29, 0.717) is 0 Å². The average molecular weight is 136 g/mol. The molecule has 0 aliphatic rings. The molecule has 0 rings (SSSR count). The number of hydrogen-bond acceptors (Lipinski definition) is 0. The molecule has 0 aromatic heterocycles. The van der Waals surface area contributed by atoms with Crippen LogP contribution in [0.5, 0.6) is 0 Å². The smallest absolute Gasteiger partial charge is 0.0140 e. The van der Waals surface area contributed by atoms with E-state index in [4.69, 9.17) is 6.42 Å². The maximum absolute atomic E-state index is 5.21. The summed E-state index contributed by atoms with van der Waals surface area (Å²) in [6.45, 7) is 6.41. The Morgan fingerprint density at radius 3 is 2.50 bits per heavy atom. The molecule has 0 aromatic carbocycles. The molecule has 0 atom stereocenters. The zero-order valence-corrected chi connectivity index (χ0v) is 7.15. The van der Waals surface area contributed by atoms with Gasteiger partial charge in [0.25, 0.3) is 0 Å². The highest BCUT2D eigenvalue weighted by molar-refractivity contribution is 4.94. The van der Waals surface area contributed by atoms with Crippen molar-refractivity contribution in [3.8, 4) is 12.3 Å². The Hall–Kier alpha value is -0.700. The monoisotopic (exact) mass is 136 g/mol. The minimum Gasteiger partial charge on any atom is -0.120 e. The molecule has 0 aromatic rings. The zero-order chi connectivity index (χ0) is 8.04. The number of terminal acetylenes is 1. The molecule has 0 radical (unpaired) electrons. The molecule has 0 N–H and O–H groups in total. The molecule has 0 spiro atoms. The molecule has 0 nitrogen and oxygen atoms in total. The van der Waals surface area contributed by atoms with E-state index in [-0.39, 0.29) is 5.41 Å². The molecule has 0 heteroatoms. The third kappa shape index (κ3) is 4.21. The maximum Gasteiger partial charge on any atom is 0.0140 e. The van der Waals surface area contributed by atoms with Gasteiger partial charge < -0.3 is 0 Å². The van der Waals surface area contributed by atoms with Crippen LogP contribution in [-0.2, 0) is 0 Å². The van der Waals surface area contributed by atoms with Crippen LogP contribution in [0, 0.1) is 17.8 Å².